The fourth-order valence-electron chi connectivity index (χ4n) is 3.14. The molecule has 0 aliphatic carbocycles. The van der Waals surface area contributed by atoms with E-state index < -0.39 is 0 Å². The lowest BCUT2D eigenvalue weighted by molar-refractivity contribution is -0.118. The molecular weight excluding hydrogens is 444 g/mol. The molecule has 4 aromatic rings. The largest absolute Gasteiger partial charge is 0.272 e. The Balaban J connectivity index is 1.58. The number of nitrogens with one attached hydrogen (secondary N) is 1. The number of rotatable bonds is 6. The molecule has 4 rings (SSSR count). The Morgan fingerprint density at radius 3 is 2.50 bits per heavy atom. The molecule has 3 aromatic carbocycles. The van der Waals surface area contributed by atoms with E-state index in [1.807, 2.05) is 54.6 Å². The topological polar surface area (TPSA) is 76.3 Å². The Bertz CT molecular complexity index is 1370. The zero-order valence-electron chi connectivity index (χ0n) is 17.2. The van der Waals surface area contributed by atoms with Crippen molar-refractivity contribution in [3.8, 4) is 5.69 Å². The Kier molecular flexibility index (Phi) is 6.68. The minimum Gasteiger partial charge on any atom is -0.272 e. The van der Waals surface area contributed by atoms with Crippen LogP contribution < -0.4 is 11.0 Å². The quantitative estimate of drug-likeness (QED) is 0.195. The Labute approximate surface area is 194 Å². The molecule has 0 aliphatic rings. The average Bonchev–Trinajstić information content (AvgIpc) is 2.82. The first-order valence-corrected chi connectivity index (χ1v) is 11.2. The molecule has 6 nitrogen and oxygen atoms in total. The van der Waals surface area contributed by atoms with E-state index in [2.05, 4.69) is 15.5 Å². The zero-order chi connectivity index (χ0) is 22.5. The second-order valence-electron chi connectivity index (χ2n) is 6.89. The Hall–Kier alpha value is -3.42. The van der Waals surface area contributed by atoms with Crippen molar-refractivity contribution in [2.45, 2.75) is 12.1 Å². The number of fused-ring (bicyclic) bond motifs is 1. The molecule has 160 valence electrons. The number of carbonyl (C=O) groups excluding carboxylic acids is 1. The summed E-state index contributed by atoms with van der Waals surface area (Å²) in [6.07, 6.45) is 0. The summed E-state index contributed by atoms with van der Waals surface area (Å²) in [6.45, 7) is 1.77. The van der Waals surface area contributed by atoms with Gasteiger partial charge in [0.15, 0.2) is 5.16 Å². The van der Waals surface area contributed by atoms with Crippen LogP contribution in [-0.4, -0.2) is 26.9 Å². The summed E-state index contributed by atoms with van der Waals surface area (Å²) in [4.78, 5) is 30.3. The molecule has 0 saturated heterocycles. The molecule has 1 N–H and O–H groups in total. The summed E-state index contributed by atoms with van der Waals surface area (Å²) in [5.74, 6) is -0.278. The molecule has 0 aliphatic heterocycles. The van der Waals surface area contributed by atoms with E-state index in [1.54, 1.807) is 31.2 Å². The van der Waals surface area contributed by atoms with Crippen molar-refractivity contribution in [3.63, 3.8) is 0 Å². The van der Waals surface area contributed by atoms with Gasteiger partial charge >= 0.3 is 0 Å². The molecule has 0 saturated carbocycles. The SMILES string of the molecule is C/C(=N\NC(=O)CSc1nc2ccccc2c(=O)n1-c1ccccc1)c1ccccc1Cl. The van der Waals surface area contributed by atoms with Crippen molar-refractivity contribution in [2.75, 3.05) is 5.75 Å². The fourth-order valence-corrected chi connectivity index (χ4v) is 4.21. The average molecular weight is 463 g/mol. The van der Waals surface area contributed by atoms with E-state index in [9.17, 15) is 9.59 Å². The van der Waals surface area contributed by atoms with Crippen LogP contribution in [0.15, 0.2) is 93.9 Å². The molecule has 8 heteroatoms. The maximum Gasteiger partial charge on any atom is 0.266 e. The number of hydrogen-bond acceptors (Lipinski definition) is 5. The summed E-state index contributed by atoms with van der Waals surface area (Å²) in [6, 6.07) is 23.7. The van der Waals surface area contributed by atoms with Crippen molar-refractivity contribution in [3.05, 3.63) is 99.8 Å². The van der Waals surface area contributed by atoms with Crippen LogP contribution in [0.5, 0.6) is 0 Å². The molecule has 1 aromatic heterocycles. The highest BCUT2D eigenvalue weighted by Crippen LogP contribution is 2.21. The van der Waals surface area contributed by atoms with Gasteiger partial charge in [-0.2, -0.15) is 5.10 Å². The van der Waals surface area contributed by atoms with E-state index >= 15 is 0 Å². The number of nitrogens with zero attached hydrogens (tertiary/aromatic N) is 3. The lowest BCUT2D eigenvalue weighted by atomic mass is 10.1. The predicted octanol–water partition coefficient (Wildman–Crippen LogP) is 4.67. The number of hydrazone groups is 1. The number of hydrogen-bond donors (Lipinski definition) is 1. The first kappa shape index (κ1) is 21.8. The minimum atomic E-state index is -0.316. The highest BCUT2D eigenvalue weighted by molar-refractivity contribution is 7.99. The highest BCUT2D eigenvalue weighted by atomic mass is 35.5. The van der Waals surface area contributed by atoms with Crippen molar-refractivity contribution in [2.24, 2.45) is 5.10 Å². The number of para-hydroxylation sites is 2. The normalized spacial score (nSPS) is 11.5. The molecule has 0 unspecified atom stereocenters. The van der Waals surface area contributed by atoms with Gasteiger partial charge in [0.2, 0.25) is 0 Å². The molecule has 0 bridgehead atoms. The number of amides is 1. The van der Waals surface area contributed by atoms with Gasteiger partial charge in [-0.1, -0.05) is 71.9 Å². The number of halogens is 1. The van der Waals surface area contributed by atoms with Gasteiger partial charge in [-0.05, 0) is 37.3 Å². The number of benzene rings is 3. The van der Waals surface area contributed by atoms with Crippen LogP contribution in [0, 0.1) is 0 Å². The molecular formula is C24H19ClN4O2S. The monoisotopic (exact) mass is 462 g/mol. The number of carbonyl (C=O) groups is 1. The van der Waals surface area contributed by atoms with E-state index in [0.717, 1.165) is 5.56 Å². The van der Waals surface area contributed by atoms with Crippen molar-refractivity contribution in [1.29, 1.82) is 0 Å². The van der Waals surface area contributed by atoms with Crippen LogP contribution in [0.2, 0.25) is 5.02 Å². The maximum absolute atomic E-state index is 13.2. The van der Waals surface area contributed by atoms with Crippen LogP contribution in [0.1, 0.15) is 12.5 Å². The molecule has 32 heavy (non-hydrogen) atoms. The fraction of sp³-hybridized carbons (Fsp3) is 0.0833. The van der Waals surface area contributed by atoms with Crippen LogP contribution in [0.25, 0.3) is 16.6 Å². The standard InChI is InChI=1S/C24H19ClN4O2S/c1-16(18-11-5-7-13-20(18)25)27-28-22(30)15-32-24-26-21-14-8-6-12-19(21)23(31)29(24)17-9-3-2-4-10-17/h2-14H,15H2,1H3,(H,28,30)/b27-16+. The molecule has 1 amide bonds. The number of thioether (sulfide) groups is 1. The summed E-state index contributed by atoms with van der Waals surface area (Å²) in [5, 5.41) is 5.66. The Morgan fingerprint density at radius 1 is 1.03 bits per heavy atom. The van der Waals surface area contributed by atoms with Crippen molar-refractivity contribution in [1.82, 2.24) is 15.0 Å². The van der Waals surface area contributed by atoms with Crippen LogP contribution in [0.3, 0.4) is 0 Å². The molecule has 0 radical (unpaired) electrons. The molecule has 0 spiro atoms. The van der Waals surface area contributed by atoms with Gasteiger partial charge in [-0.15, -0.1) is 0 Å². The van der Waals surface area contributed by atoms with Gasteiger partial charge in [0.05, 0.1) is 28.1 Å². The lowest BCUT2D eigenvalue weighted by Crippen LogP contribution is -2.24. The highest BCUT2D eigenvalue weighted by Gasteiger charge is 2.14. The smallest absolute Gasteiger partial charge is 0.266 e. The van der Waals surface area contributed by atoms with Gasteiger partial charge in [0, 0.05) is 10.6 Å². The zero-order valence-corrected chi connectivity index (χ0v) is 18.7. The van der Waals surface area contributed by atoms with Crippen LogP contribution in [-0.2, 0) is 4.79 Å². The summed E-state index contributed by atoms with van der Waals surface area (Å²) in [5.41, 5.74) is 4.97. The predicted molar refractivity (Wildman–Crippen MR) is 130 cm³/mol. The van der Waals surface area contributed by atoms with E-state index in [1.165, 1.54) is 16.3 Å². The summed E-state index contributed by atoms with van der Waals surface area (Å²) >= 11 is 7.35. The summed E-state index contributed by atoms with van der Waals surface area (Å²) < 4.78 is 1.53. The van der Waals surface area contributed by atoms with E-state index in [4.69, 9.17) is 11.6 Å². The van der Waals surface area contributed by atoms with Gasteiger partial charge in [0.1, 0.15) is 0 Å². The lowest BCUT2D eigenvalue weighted by Gasteiger charge is -2.13. The van der Waals surface area contributed by atoms with E-state index in [-0.39, 0.29) is 17.2 Å². The van der Waals surface area contributed by atoms with Gasteiger partial charge < -0.3 is 0 Å². The van der Waals surface area contributed by atoms with E-state index in [0.29, 0.717) is 32.5 Å². The van der Waals surface area contributed by atoms with Crippen LogP contribution in [0.4, 0.5) is 0 Å². The molecule has 0 fully saturated rings. The molecule has 0 atom stereocenters. The summed E-state index contributed by atoms with van der Waals surface area (Å²) in [7, 11) is 0. The Morgan fingerprint density at radius 2 is 1.72 bits per heavy atom. The third-order valence-corrected chi connectivity index (χ3v) is 5.97. The van der Waals surface area contributed by atoms with Crippen molar-refractivity contribution >= 4 is 45.9 Å². The third-order valence-electron chi connectivity index (χ3n) is 4.70. The van der Waals surface area contributed by atoms with Crippen LogP contribution >= 0.6 is 23.4 Å². The third kappa shape index (κ3) is 4.74. The second-order valence-corrected chi connectivity index (χ2v) is 8.24. The first-order valence-electron chi connectivity index (χ1n) is 9.82. The maximum atomic E-state index is 13.2. The van der Waals surface area contributed by atoms with Gasteiger partial charge in [-0.25, -0.2) is 10.4 Å². The number of aromatic nitrogens is 2. The van der Waals surface area contributed by atoms with Gasteiger partial charge in [-0.3, -0.25) is 14.2 Å². The van der Waals surface area contributed by atoms with Crippen molar-refractivity contribution < 1.29 is 4.79 Å². The minimum absolute atomic E-state index is 0.0386. The van der Waals surface area contributed by atoms with Gasteiger partial charge in [0.25, 0.3) is 11.5 Å². The first-order chi connectivity index (χ1) is 15.5. The second kappa shape index (κ2) is 9.80. The molecule has 1 heterocycles.